The van der Waals surface area contributed by atoms with E-state index in [4.69, 9.17) is 10.5 Å². The maximum absolute atomic E-state index is 11.9. The van der Waals surface area contributed by atoms with Crippen molar-refractivity contribution < 1.29 is 9.53 Å². The van der Waals surface area contributed by atoms with E-state index in [-0.39, 0.29) is 5.91 Å². The van der Waals surface area contributed by atoms with Crippen molar-refractivity contribution in [1.82, 2.24) is 5.32 Å². The first-order valence-corrected chi connectivity index (χ1v) is 7.99. The zero-order valence-electron chi connectivity index (χ0n) is 13.3. The third-order valence-corrected chi connectivity index (χ3v) is 3.34. The molecule has 0 heterocycles. The number of nitrogens with one attached hydrogen (secondary N) is 1. The first-order valence-electron chi connectivity index (χ1n) is 7.99. The highest BCUT2D eigenvalue weighted by molar-refractivity contribution is 5.95. The Kier molecular flexibility index (Phi) is 8.32. The Balaban J connectivity index is 2.45. The highest BCUT2D eigenvalue weighted by Crippen LogP contribution is 2.23. The summed E-state index contributed by atoms with van der Waals surface area (Å²) in [5, 5.41) is 2.88. The van der Waals surface area contributed by atoms with E-state index in [0.29, 0.717) is 30.2 Å². The minimum absolute atomic E-state index is 0.0790. The third kappa shape index (κ3) is 6.52. The van der Waals surface area contributed by atoms with Crippen LogP contribution in [-0.2, 0) is 0 Å². The van der Waals surface area contributed by atoms with Crippen molar-refractivity contribution in [2.75, 3.05) is 18.9 Å². The van der Waals surface area contributed by atoms with Gasteiger partial charge in [0.2, 0.25) is 0 Å². The van der Waals surface area contributed by atoms with Crippen LogP contribution in [0.2, 0.25) is 0 Å². The number of unbranched alkanes of at least 4 members (excludes halogenated alkanes) is 4. The molecule has 1 rings (SSSR count). The van der Waals surface area contributed by atoms with Crippen molar-refractivity contribution in [3.05, 3.63) is 23.8 Å². The van der Waals surface area contributed by atoms with Crippen LogP contribution >= 0.6 is 0 Å². The highest BCUT2D eigenvalue weighted by Gasteiger charge is 2.08. The molecule has 0 radical (unpaired) electrons. The van der Waals surface area contributed by atoms with Crippen molar-refractivity contribution in [3.63, 3.8) is 0 Å². The Bertz CT molecular complexity index is 433. The molecule has 0 fully saturated rings. The standard InChI is InChI=1S/C17H28N2O2/c1-3-5-7-8-12-21-16-10-9-14(13-15(16)18)17(20)19-11-6-4-2/h9-10,13H,3-8,11-12,18H2,1-2H3,(H,19,20). The monoisotopic (exact) mass is 292 g/mol. The van der Waals surface area contributed by atoms with E-state index < -0.39 is 0 Å². The fourth-order valence-electron chi connectivity index (χ4n) is 2.01. The van der Waals surface area contributed by atoms with Crippen LogP contribution in [0.1, 0.15) is 62.7 Å². The third-order valence-electron chi connectivity index (χ3n) is 3.34. The van der Waals surface area contributed by atoms with E-state index >= 15 is 0 Å². The zero-order valence-corrected chi connectivity index (χ0v) is 13.3. The lowest BCUT2D eigenvalue weighted by Crippen LogP contribution is -2.24. The van der Waals surface area contributed by atoms with Gasteiger partial charge in [0.05, 0.1) is 12.3 Å². The topological polar surface area (TPSA) is 64.3 Å². The average molecular weight is 292 g/mol. The Morgan fingerprint density at radius 1 is 1.14 bits per heavy atom. The Hall–Kier alpha value is -1.71. The molecular weight excluding hydrogens is 264 g/mol. The molecule has 0 atom stereocenters. The molecule has 0 aliphatic rings. The number of nitrogen functional groups attached to an aromatic ring is 1. The van der Waals surface area contributed by atoms with Gasteiger partial charge in [-0.2, -0.15) is 0 Å². The quantitative estimate of drug-likeness (QED) is 0.510. The van der Waals surface area contributed by atoms with Crippen molar-refractivity contribution in [2.24, 2.45) is 0 Å². The van der Waals surface area contributed by atoms with Crippen molar-refractivity contribution >= 4 is 11.6 Å². The second kappa shape index (κ2) is 10.1. The number of anilines is 1. The summed E-state index contributed by atoms with van der Waals surface area (Å²) < 4.78 is 5.66. The zero-order chi connectivity index (χ0) is 15.5. The van der Waals surface area contributed by atoms with E-state index in [1.165, 1.54) is 19.3 Å². The molecule has 0 bridgehead atoms. The molecular formula is C17H28N2O2. The summed E-state index contributed by atoms with van der Waals surface area (Å²) in [5.41, 5.74) is 7.06. The van der Waals surface area contributed by atoms with Gasteiger partial charge in [-0.05, 0) is 31.0 Å². The molecule has 1 aromatic rings. The molecule has 0 aliphatic heterocycles. The van der Waals surface area contributed by atoms with Crippen LogP contribution in [0.3, 0.4) is 0 Å². The number of hydrogen-bond acceptors (Lipinski definition) is 3. The molecule has 0 saturated carbocycles. The molecule has 4 heteroatoms. The lowest BCUT2D eigenvalue weighted by molar-refractivity contribution is 0.0953. The van der Waals surface area contributed by atoms with Gasteiger partial charge in [-0.3, -0.25) is 4.79 Å². The van der Waals surface area contributed by atoms with Crippen LogP contribution in [0.15, 0.2) is 18.2 Å². The predicted molar refractivity (Wildman–Crippen MR) is 87.7 cm³/mol. The Labute approximate surface area is 128 Å². The summed E-state index contributed by atoms with van der Waals surface area (Å²) in [6.07, 6.45) is 6.70. The van der Waals surface area contributed by atoms with Gasteiger partial charge in [0.15, 0.2) is 0 Å². The molecule has 118 valence electrons. The van der Waals surface area contributed by atoms with Crippen molar-refractivity contribution in [1.29, 1.82) is 0 Å². The van der Waals surface area contributed by atoms with Crippen LogP contribution in [0.4, 0.5) is 5.69 Å². The van der Waals surface area contributed by atoms with Crippen LogP contribution in [-0.4, -0.2) is 19.1 Å². The fraction of sp³-hybridized carbons (Fsp3) is 0.588. The van der Waals surface area contributed by atoms with Crippen LogP contribution in [0.5, 0.6) is 5.75 Å². The van der Waals surface area contributed by atoms with Crippen LogP contribution in [0.25, 0.3) is 0 Å². The van der Waals surface area contributed by atoms with Gasteiger partial charge in [0.1, 0.15) is 5.75 Å². The van der Waals surface area contributed by atoms with Gasteiger partial charge in [0.25, 0.3) is 5.91 Å². The van der Waals surface area contributed by atoms with E-state index in [1.54, 1.807) is 18.2 Å². The molecule has 0 saturated heterocycles. The minimum atomic E-state index is -0.0790. The van der Waals surface area contributed by atoms with E-state index in [2.05, 4.69) is 19.2 Å². The summed E-state index contributed by atoms with van der Waals surface area (Å²) in [6, 6.07) is 5.23. The largest absolute Gasteiger partial charge is 0.491 e. The lowest BCUT2D eigenvalue weighted by Gasteiger charge is -2.10. The lowest BCUT2D eigenvalue weighted by atomic mass is 10.1. The maximum Gasteiger partial charge on any atom is 0.251 e. The molecule has 1 aromatic carbocycles. The number of ether oxygens (including phenoxy) is 1. The van der Waals surface area contributed by atoms with Crippen LogP contribution in [0, 0.1) is 0 Å². The number of amides is 1. The first kappa shape index (κ1) is 17.3. The summed E-state index contributed by atoms with van der Waals surface area (Å²) in [6.45, 7) is 5.65. The Morgan fingerprint density at radius 3 is 2.57 bits per heavy atom. The number of carbonyl (C=O) groups is 1. The molecule has 0 aliphatic carbocycles. The molecule has 0 unspecified atom stereocenters. The first-order chi connectivity index (χ1) is 10.2. The fourth-order valence-corrected chi connectivity index (χ4v) is 2.01. The number of rotatable bonds is 10. The second-order valence-corrected chi connectivity index (χ2v) is 5.27. The molecule has 4 nitrogen and oxygen atoms in total. The number of hydrogen-bond donors (Lipinski definition) is 2. The summed E-state index contributed by atoms with van der Waals surface area (Å²) in [5.74, 6) is 0.584. The molecule has 21 heavy (non-hydrogen) atoms. The normalized spacial score (nSPS) is 10.4. The molecule has 0 aromatic heterocycles. The average Bonchev–Trinajstić information content (AvgIpc) is 2.48. The number of nitrogens with two attached hydrogens (primary N) is 1. The second-order valence-electron chi connectivity index (χ2n) is 5.27. The maximum atomic E-state index is 11.9. The van der Waals surface area contributed by atoms with Crippen molar-refractivity contribution in [2.45, 2.75) is 52.4 Å². The molecule has 1 amide bonds. The smallest absolute Gasteiger partial charge is 0.251 e. The van der Waals surface area contributed by atoms with Gasteiger partial charge in [-0.15, -0.1) is 0 Å². The molecule has 3 N–H and O–H groups in total. The van der Waals surface area contributed by atoms with Gasteiger partial charge >= 0.3 is 0 Å². The van der Waals surface area contributed by atoms with E-state index in [1.807, 2.05) is 0 Å². The van der Waals surface area contributed by atoms with Crippen LogP contribution < -0.4 is 15.8 Å². The van der Waals surface area contributed by atoms with Gasteiger partial charge in [-0.25, -0.2) is 0 Å². The van der Waals surface area contributed by atoms with E-state index in [0.717, 1.165) is 19.3 Å². The van der Waals surface area contributed by atoms with Gasteiger partial charge in [0, 0.05) is 12.1 Å². The predicted octanol–water partition coefficient (Wildman–Crippen LogP) is 3.76. The number of benzene rings is 1. The minimum Gasteiger partial charge on any atom is -0.491 e. The van der Waals surface area contributed by atoms with Gasteiger partial charge < -0.3 is 15.8 Å². The van der Waals surface area contributed by atoms with Gasteiger partial charge in [-0.1, -0.05) is 39.5 Å². The van der Waals surface area contributed by atoms with Crippen molar-refractivity contribution in [3.8, 4) is 5.75 Å². The highest BCUT2D eigenvalue weighted by atomic mass is 16.5. The van der Waals surface area contributed by atoms with E-state index in [9.17, 15) is 4.79 Å². The number of carbonyl (C=O) groups excluding carboxylic acids is 1. The SMILES string of the molecule is CCCCCCOc1ccc(C(=O)NCCCC)cc1N. The Morgan fingerprint density at radius 2 is 1.90 bits per heavy atom. The summed E-state index contributed by atoms with van der Waals surface area (Å²) in [7, 11) is 0. The molecule has 0 spiro atoms. The summed E-state index contributed by atoms with van der Waals surface area (Å²) in [4.78, 5) is 11.9. The summed E-state index contributed by atoms with van der Waals surface area (Å²) >= 11 is 0.